The summed E-state index contributed by atoms with van der Waals surface area (Å²) in [6.45, 7) is 0. The van der Waals surface area contributed by atoms with E-state index in [2.05, 4.69) is 10.3 Å². The monoisotopic (exact) mass is 319 g/mol. The fraction of sp³-hybridized carbons (Fsp3) is 0.200. The number of nitrogens with one attached hydrogen (secondary N) is 1. The summed E-state index contributed by atoms with van der Waals surface area (Å²) in [6.07, 6.45) is 0.868. The van der Waals surface area contributed by atoms with E-state index in [0.29, 0.717) is 10.8 Å². The second kappa shape index (κ2) is 5.92. The molecule has 0 amide bonds. The maximum Gasteiger partial charge on any atom is 0.161 e. The van der Waals surface area contributed by atoms with Crippen LogP contribution in [0.5, 0.6) is 0 Å². The molecule has 1 unspecified atom stereocenters. The molecule has 3 nitrogen and oxygen atoms in total. The Morgan fingerprint density at radius 1 is 1.38 bits per heavy atom. The summed E-state index contributed by atoms with van der Waals surface area (Å²) in [6, 6.07) is 10.1. The van der Waals surface area contributed by atoms with E-state index in [1.165, 1.54) is 6.07 Å². The molecule has 6 heteroatoms. The van der Waals surface area contributed by atoms with Gasteiger partial charge in [-0.25, -0.2) is 9.37 Å². The summed E-state index contributed by atoms with van der Waals surface area (Å²) in [5, 5.41) is 12.6. The van der Waals surface area contributed by atoms with Gasteiger partial charge in [-0.05, 0) is 42.3 Å². The second-order valence-electron chi connectivity index (χ2n) is 4.65. The highest BCUT2D eigenvalue weighted by atomic mass is 35.5. The topological polar surface area (TPSA) is 48.7 Å². The minimum absolute atomic E-state index is 0.0165. The normalized spacial score (nSPS) is 16.9. The van der Waals surface area contributed by atoms with Gasteiger partial charge < -0.3 is 5.32 Å². The molecule has 1 aliphatic rings. The first-order valence-electron chi connectivity index (χ1n) is 6.43. The van der Waals surface area contributed by atoms with Gasteiger partial charge in [0.25, 0.3) is 0 Å². The number of nitrogens with zero attached hydrogens (tertiary/aromatic N) is 2. The average molecular weight is 320 g/mol. The van der Waals surface area contributed by atoms with Crippen LogP contribution in [0.4, 0.5) is 10.2 Å². The molecule has 1 aromatic carbocycles. The molecular weight excluding hydrogens is 309 g/mol. The predicted molar refractivity (Wildman–Crippen MR) is 82.1 cm³/mol. The third kappa shape index (κ3) is 2.97. The summed E-state index contributed by atoms with van der Waals surface area (Å²) in [4.78, 5) is 5.25. The quantitative estimate of drug-likeness (QED) is 0.891. The molecule has 0 aliphatic carbocycles. The molecule has 0 spiro atoms. The SMILES string of the molecule is N#Cc1nc(NC2CCSc3ccc(F)cc32)ccc1Cl. The number of halogens is 2. The summed E-state index contributed by atoms with van der Waals surface area (Å²) < 4.78 is 13.5. The lowest BCUT2D eigenvalue weighted by molar-refractivity contribution is 0.615. The van der Waals surface area contributed by atoms with Crippen molar-refractivity contribution in [3.05, 3.63) is 52.4 Å². The number of nitriles is 1. The third-order valence-corrected chi connectivity index (χ3v) is 4.71. The molecule has 3 rings (SSSR count). The van der Waals surface area contributed by atoms with E-state index in [0.717, 1.165) is 22.6 Å². The summed E-state index contributed by atoms with van der Waals surface area (Å²) >= 11 is 7.60. The molecule has 0 radical (unpaired) electrons. The van der Waals surface area contributed by atoms with Crippen LogP contribution in [-0.4, -0.2) is 10.7 Å². The lowest BCUT2D eigenvalue weighted by Crippen LogP contribution is -2.17. The van der Waals surface area contributed by atoms with Crippen LogP contribution in [0.25, 0.3) is 0 Å². The van der Waals surface area contributed by atoms with Crippen molar-refractivity contribution in [1.82, 2.24) is 4.98 Å². The maximum atomic E-state index is 13.5. The van der Waals surface area contributed by atoms with Crippen LogP contribution in [-0.2, 0) is 0 Å². The van der Waals surface area contributed by atoms with Crippen molar-refractivity contribution in [3.63, 3.8) is 0 Å². The largest absolute Gasteiger partial charge is 0.363 e. The predicted octanol–water partition coefficient (Wildman–Crippen LogP) is 4.39. The molecule has 0 fully saturated rings. The van der Waals surface area contributed by atoms with Crippen molar-refractivity contribution in [2.24, 2.45) is 0 Å². The molecular formula is C15H11ClFN3S. The minimum atomic E-state index is -0.246. The minimum Gasteiger partial charge on any atom is -0.363 e. The van der Waals surface area contributed by atoms with Gasteiger partial charge in [0.05, 0.1) is 11.1 Å². The zero-order chi connectivity index (χ0) is 14.8. The first-order valence-corrected chi connectivity index (χ1v) is 7.79. The molecule has 1 aromatic heterocycles. The van der Waals surface area contributed by atoms with Gasteiger partial charge in [0.1, 0.15) is 17.7 Å². The van der Waals surface area contributed by atoms with Crippen molar-refractivity contribution in [2.75, 3.05) is 11.1 Å². The number of aromatic nitrogens is 1. The van der Waals surface area contributed by atoms with Crippen LogP contribution in [0.15, 0.2) is 35.2 Å². The Hall–Kier alpha value is -1.77. The Labute approximate surface area is 131 Å². The fourth-order valence-electron chi connectivity index (χ4n) is 2.29. The molecule has 1 N–H and O–H groups in total. The molecule has 2 heterocycles. The van der Waals surface area contributed by atoms with E-state index in [9.17, 15) is 4.39 Å². The average Bonchev–Trinajstić information content (AvgIpc) is 2.50. The van der Waals surface area contributed by atoms with Gasteiger partial charge >= 0.3 is 0 Å². The van der Waals surface area contributed by atoms with E-state index in [-0.39, 0.29) is 17.6 Å². The molecule has 0 saturated heterocycles. The van der Waals surface area contributed by atoms with E-state index in [4.69, 9.17) is 16.9 Å². The Morgan fingerprint density at radius 3 is 3.05 bits per heavy atom. The van der Waals surface area contributed by atoms with Crippen molar-refractivity contribution < 1.29 is 4.39 Å². The smallest absolute Gasteiger partial charge is 0.161 e. The van der Waals surface area contributed by atoms with Gasteiger partial charge in [0.2, 0.25) is 0 Å². The highest BCUT2D eigenvalue weighted by Gasteiger charge is 2.21. The molecule has 0 bridgehead atoms. The number of hydrogen-bond acceptors (Lipinski definition) is 4. The number of fused-ring (bicyclic) bond motifs is 1. The van der Waals surface area contributed by atoms with Crippen LogP contribution >= 0.6 is 23.4 Å². The zero-order valence-electron chi connectivity index (χ0n) is 10.9. The van der Waals surface area contributed by atoms with Gasteiger partial charge in [-0.3, -0.25) is 0 Å². The number of benzene rings is 1. The van der Waals surface area contributed by atoms with Gasteiger partial charge in [-0.2, -0.15) is 5.26 Å². The van der Waals surface area contributed by atoms with E-state index in [1.54, 1.807) is 36.0 Å². The lowest BCUT2D eigenvalue weighted by Gasteiger charge is -2.26. The Balaban J connectivity index is 1.90. The van der Waals surface area contributed by atoms with Crippen molar-refractivity contribution in [3.8, 4) is 6.07 Å². The van der Waals surface area contributed by atoms with E-state index in [1.807, 2.05) is 6.07 Å². The van der Waals surface area contributed by atoms with Crippen LogP contribution in [0, 0.1) is 17.1 Å². The summed E-state index contributed by atoms with van der Waals surface area (Å²) in [5.41, 5.74) is 1.12. The van der Waals surface area contributed by atoms with Crippen LogP contribution < -0.4 is 5.32 Å². The van der Waals surface area contributed by atoms with Crippen molar-refractivity contribution in [1.29, 1.82) is 5.26 Å². The molecule has 0 saturated carbocycles. The first-order chi connectivity index (χ1) is 10.2. The van der Waals surface area contributed by atoms with Gasteiger partial charge in [0, 0.05) is 10.6 Å². The number of hydrogen-bond donors (Lipinski definition) is 1. The van der Waals surface area contributed by atoms with E-state index >= 15 is 0 Å². The molecule has 1 aliphatic heterocycles. The van der Waals surface area contributed by atoms with E-state index < -0.39 is 0 Å². The number of rotatable bonds is 2. The number of pyridine rings is 1. The fourth-order valence-corrected chi connectivity index (χ4v) is 3.55. The Morgan fingerprint density at radius 2 is 2.24 bits per heavy atom. The highest BCUT2D eigenvalue weighted by Crippen LogP contribution is 2.38. The lowest BCUT2D eigenvalue weighted by atomic mass is 10.0. The first kappa shape index (κ1) is 14.2. The van der Waals surface area contributed by atoms with Crippen LogP contribution in [0.1, 0.15) is 23.7 Å². The molecule has 2 aromatic rings. The van der Waals surface area contributed by atoms with Gasteiger partial charge in [-0.15, -0.1) is 11.8 Å². The van der Waals surface area contributed by atoms with Crippen LogP contribution in [0.3, 0.4) is 0 Å². The zero-order valence-corrected chi connectivity index (χ0v) is 12.5. The molecule has 21 heavy (non-hydrogen) atoms. The number of anilines is 1. The maximum absolute atomic E-state index is 13.5. The van der Waals surface area contributed by atoms with Crippen molar-refractivity contribution in [2.45, 2.75) is 17.4 Å². The summed E-state index contributed by atoms with van der Waals surface area (Å²) in [5.74, 6) is 1.28. The second-order valence-corrected chi connectivity index (χ2v) is 6.20. The van der Waals surface area contributed by atoms with Crippen LogP contribution in [0.2, 0.25) is 5.02 Å². The standard InChI is InChI=1S/C15H11ClFN3S/c16-11-2-4-15(20-13(11)8-18)19-12-5-6-21-14-3-1-9(17)7-10(12)14/h1-4,7,12H,5-6H2,(H,19,20). The molecule has 1 atom stereocenters. The van der Waals surface area contributed by atoms with Gasteiger partial charge in [0.15, 0.2) is 5.69 Å². The molecule has 106 valence electrons. The summed E-state index contributed by atoms with van der Waals surface area (Å²) in [7, 11) is 0. The Kier molecular flexibility index (Phi) is 4.00. The van der Waals surface area contributed by atoms with Gasteiger partial charge in [-0.1, -0.05) is 11.6 Å². The Bertz CT molecular complexity index is 729. The third-order valence-electron chi connectivity index (χ3n) is 3.29. The highest BCUT2D eigenvalue weighted by molar-refractivity contribution is 7.99. The van der Waals surface area contributed by atoms with Crippen molar-refractivity contribution >= 4 is 29.2 Å². The number of thioether (sulfide) groups is 1.